The summed E-state index contributed by atoms with van der Waals surface area (Å²) in [5, 5.41) is 11.3. The highest BCUT2D eigenvalue weighted by Crippen LogP contribution is 2.42. The molecule has 5 rings (SSSR count). The molecule has 0 saturated heterocycles. The van der Waals surface area contributed by atoms with Crippen LogP contribution in [0.4, 0.5) is 24.8 Å². The predicted octanol–water partition coefficient (Wildman–Crippen LogP) is 3.88. The van der Waals surface area contributed by atoms with Crippen molar-refractivity contribution in [3.8, 4) is 0 Å². The van der Waals surface area contributed by atoms with E-state index in [-0.39, 0.29) is 28.9 Å². The third kappa shape index (κ3) is 3.36. The summed E-state index contributed by atoms with van der Waals surface area (Å²) in [6.45, 7) is 0. The van der Waals surface area contributed by atoms with Crippen LogP contribution in [-0.2, 0) is 0 Å². The zero-order valence-corrected chi connectivity index (χ0v) is 14.6. The Kier molecular flexibility index (Phi) is 4.49. The molecule has 2 aromatic heterocycles. The number of nitrogen functional groups attached to an aromatic ring is 1. The largest absolute Gasteiger partial charge is 0.383 e. The molecular formula is C19H20F3N5. The van der Waals surface area contributed by atoms with Gasteiger partial charge in [-0.2, -0.15) is 0 Å². The Morgan fingerprint density at radius 1 is 1.11 bits per heavy atom. The minimum atomic E-state index is -1.00. The van der Waals surface area contributed by atoms with Gasteiger partial charge in [-0.25, -0.2) is 23.1 Å². The lowest BCUT2D eigenvalue weighted by Gasteiger charge is -2.42. The molecule has 0 radical (unpaired) electrons. The van der Waals surface area contributed by atoms with Crippen molar-refractivity contribution in [2.75, 3.05) is 11.1 Å². The van der Waals surface area contributed by atoms with E-state index in [1.807, 2.05) is 0 Å². The molecule has 3 aliphatic carbocycles. The third-order valence-electron chi connectivity index (χ3n) is 5.69. The van der Waals surface area contributed by atoms with Crippen LogP contribution in [-0.4, -0.2) is 21.7 Å². The first-order valence-corrected chi connectivity index (χ1v) is 9.05. The van der Waals surface area contributed by atoms with Gasteiger partial charge in [0, 0.05) is 17.7 Å². The van der Waals surface area contributed by atoms with Crippen molar-refractivity contribution < 1.29 is 13.2 Å². The zero-order chi connectivity index (χ0) is 19.1. The van der Waals surface area contributed by atoms with Crippen molar-refractivity contribution in [1.29, 1.82) is 5.41 Å². The minimum absolute atomic E-state index is 0.0865. The molecule has 142 valence electrons. The molecule has 0 aromatic carbocycles. The Hall–Kier alpha value is -2.64. The predicted molar refractivity (Wildman–Crippen MR) is 96.2 cm³/mol. The Labute approximate surface area is 154 Å². The van der Waals surface area contributed by atoms with Crippen LogP contribution in [0.5, 0.6) is 0 Å². The molecule has 27 heavy (non-hydrogen) atoms. The summed E-state index contributed by atoms with van der Waals surface area (Å²) in [7, 11) is 0. The monoisotopic (exact) mass is 375 g/mol. The van der Waals surface area contributed by atoms with Crippen molar-refractivity contribution in [1.82, 2.24) is 9.97 Å². The van der Waals surface area contributed by atoms with Gasteiger partial charge in [0.2, 0.25) is 0 Å². The van der Waals surface area contributed by atoms with Gasteiger partial charge < -0.3 is 11.1 Å². The molecule has 1 unspecified atom stereocenters. The van der Waals surface area contributed by atoms with Gasteiger partial charge in [-0.1, -0.05) is 12.8 Å². The highest BCUT2D eigenvalue weighted by molar-refractivity contribution is 6.12. The van der Waals surface area contributed by atoms with Crippen molar-refractivity contribution in [3.63, 3.8) is 0 Å². The number of nitrogens with one attached hydrogen (secondary N) is 2. The fourth-order valence-electron chi connectivity index (χ4n) is 4.25. The number of halogens is 3. The molecule has 8 heteroatoms. The Balaban J connectivity index is 1.65. The van der Waals surface area contributed by atoms with Gasteiger partial charge in [0.05, 0.1) is 11.9 Å². The summed E-state index contributed by atoms with van der Waals surface area (Å²) in [6, 6.07) is 1.78. The number of hydrogen-bond acceptors (Lipinski definition) is 5. The standard InChI is InChI=1S/C19H20F3N5/c20-11-6-12(18(24)25-8-11)16(23)17-13(21)7-14(22)19(27-17)26-15-5-9-1-3-10(15)4-2-9/h6-10,15,23H,1-5H2,(H2,24,25)(H,26,27). The summed E-state index contributed by atoms with van der Waals surface area (Å²) < 4.78 is 42.1. The molecule has 4 N–H and O–H groups in total. The van der Waals surface area contributed by atoms with E-state index in [1.165, 1.54) is 12.8 Å². The maximum Gasteiger partial charge on any atom is 0.168 e. The van der Waals surface area contributed by atoms with E-state index in [0.717, 1.165) is 31.5 Å². The number of anilines is 2. The smallest absolute Gasteiger partial charge is 0.168 e. The maximum absolute atomic E-state index is 14.3. The molecule has 3 aliphatic rings. The second-order valence-electron chi connectivity index (χ2n) is 7.38. The maximum atomic E-state index is 14.3. The van der Waals surface area contributed by atoms with Crippen LogP contribution in [0, 0.1) is 34.7 Å². The van der Waals surface area contributed by atoms with Gasteiger partial charge in [-0.15, -0.1) is 0 Å². The van der Waals surface area contributed by atoms with Gasteiger partial charge in [0.15, 0.2) is 17.5 Å². The third-order valence-corrected chi connectivity index (χ3v) is 5.69. The molecule has 0 aliphatic heterocycles. The second kappa shape index (κ2) is 6.83. The van der Waals surface area contributed by atoms with E-state index in [0.29, 0.717) is 17.9 Å². The van der Waals surface area contributed by atoms with E-state index in [1.54, 1.807) is 0 Å². The first-order valence-electron chi connectivity index (χ1n) is 9.05. The molecule has 2 aromatic rings. The molecular weight excluding hydrogens is 355 g/mol. The van der Waals surface area contributed by atoms with Crippen molar-refractivity contribution in [3.05, 3.63) is 47.0 Å². The van der Waals surface area contributed by atoms with Crippen LogP contribution in [0.25, 0.3) is 0 Å². The van der Waals surface area contributed by atoms with Gasteiger partial charge in [0.25, 0.3) is 0 Å². The number of fused-ring (bicyclic) bond motifs is 3. The van der Waals surface area contributed by atoms with Crippen LogP contribution >= 0.6 is 0 Å². The normalized spacial score (nSPS) is 24.0. The Morgan fingerprint density at radius 2 is 1.85 bits per heavy atom. The van der Waals surface area contributed by atoms with Gasteiger partial charge >= 0.3 is 0 Å². The van der Waals surface area contributed by atoms with Crippen LogP contribution in [0.3, 0.4) is 0 Å². The number of nitrogens with two attached hydrogens (primary N) is 1. The quantitative estimate of drug-likeness (QED) is 0.708. The van der Waals surface area contributed by atoms with Crippen molar-refractivity contribution in [2.24, 2.45) is 11.8 Å². The Morgan fingerprint density at radius 3 is 2.52 bits per heavy atom. The molecule has 1 atom stereocenters. The van der Waals surface area contributed by atoms with Crippen LogP contribution < -0.4 is 11.1 Å². The van der Waals surface area contributed by atoms with Crippen LogP contribution in [0.2, 0.25) is 0 Å². The molecule has 0 amide bonds. The number of nitrogens with zero attached hydrogens (tertiary/aromatic N) is 2. The van der Waals surface area contributed by atoms with Crippen LogP contribution in [0.1, 0.15) is 43.4 Å². The van der Waals surface area contributed by atoms with Crippen molar-refractivity contribution >= 4 is 17.3 Å². The fraction of sp³-hybridized carbons (Fsp3) is 0.421. The molecule has 5 nitrogen and oxygen atoms in total. The van der Waals surface area contributed by atoms with E-state index in [2.05, 4.69) is 15.3 Å². The highest BCUT2D eigenvalue weighted by atomic mass is 19.1. The number of hydrogen-bond donors (Lipinski definition) is 3. The van der Waals surface area contributed by atoms with Crippen LogP contribution in [0.15, 0.2) is 18.3 Å². The minimum Gasteiger partial charge on any atom is -0.383 e. The first kappa shape index (κ1) is 17.8. The molecule has 3 fully saturated rings. The summed E-state index contributed by atoms with van der Waals surface area (Å²) in [5.41, 5.74) is 4.76. The van der Waals surface area contributed by atoms with E-state index < -0.39 is 23.2 Å². The summed E-state index contributed by atoms with van der Waals surface area (Å²) in [5.74, 6) is -1.64. The van der Waals surface area contributed by atoms with Gasteiger partial charge in [0.1, 0.15) is 17.3 Å². The Bertz CT molecular complexity index is 893. The molecule has 2 bridgehead atoms. The number of aromatic nitrogens is 2. The molecule has 0 spiro atoms. The lowest BCUT2D eigenvalue weighted by molar-refractivity contribution is 0.157. The van der Waals surface area contributed by atoms with E-state index >= 15 is 0 Å². The summed E-state index contributed by atoms with van der Waals surface area (Å²) in [4.78, 5) is 7.64. The average Bonchev–Trinajstić information content (AvgIpc) is 2.66. The van der Waals surface area contributed by atoms with E-state index in [9.17, 15) is 13.2 Å². The summed E-state index contributed by atoms with van der Waals surface area (Å²) in [6.07, 6.45) is 6.44. The zero-order valence-electron chi connectivity index (χ0n) is 14.6. The van der Waals surface area contributed by atoms with E-state index in [4.69, 9.17) is 11.1 Å². The lowest BCUT2D eigenvalue weighted by Crippen LogP contribution is -2.40. The first-order chi connectivity index (χ1) is 12.9. The number of rotatable bonds is 4. The second-order valence-corrected chi connectivity index (χ2v) is 7.38. The topological polar surface area (TPSA) is 87.7 Å². The SMILES string of the molecule is N=C(c1cc(F)cnc1N)c1nc(NC2CC3CCC2CC3)c(F)cc1F. The molecule has 2 heterocycles. The lowest BCUT2D eigenvalue weighted by atomic mass is 9.68. The molecule has 3 saturated carbocycles. The fourth-order valence-corrected chi connectivity index (χ4v) is 4.25. The van der Waals surface area contributed by atoms with Gasteiger partial charge in [-0.05, 0) is 37.2 Å². The highest BCUT2D eigenvalue weighted by Gasteiger charge is 2.36. The average molecular weight is 375 g/mol. The van der Waals surface area contributed by atoms with Gasteiger partial charge in [-0.3, -0.25) is 5.41 Å². The number of pyridine rings is 2. The van der Waals surface area contributed by atoms with Crippen molar-refractivity contribution in [2.45, 2.75) is 38.1 Å². The summed E-state index contributed by atoms with van der Waals surface area (Å²) >= 11 is 0.